The van der Waals surface area contributed by atoms with E-state index in [0.717, 1.165) is 12.8 Å². The molecule has 46 heavy (non-hydrogen) atoms. The molecule has 0 radical (unpaired) electrons. The molecule has 0 aliphatic heterocycles. The Morgan fingerprint density at radius 2 is 1.39 bits per heavy atom. The van der Waals surface area contributed by atoms with Crippen LogP contribution in [-0.4, -0.2) is 5.92 Å². The van der Waals surface area contributed by atoms with Crippen LogP contribution in [0.5, 0.6) is 0 Å². The summed E-state index contributed by atoms with van der Waals surface area (Å²) < 4.78 is 1.76. The summed E-state index contributed by atoms with van der Waals surface area (Å²) >= 11 is -0.647. The maximum absolute atomic E-state index is 2.63. The first-order chi connectivity index (χ1) is 21.5. The normalized spacial score (nSPS) is 15.0. The summed E-state index contributed by atoms with van der Waals surface area (Å²) in [6.07, 6.45) is 4.86. The molecule has 0 fully saturated rings. The maximum Gasteiger partial charge on any atom is -1.00 e. The number of rotatable bonds is 6. The van der Waals surface area contributed by atoms with E-state index in [2.05, 4.69) is 142 Å². The van der Waals surface area contributed by atoms with Crippen molar-refractivity contribution >= 4 is 36.8 Å². The van der Waals surface area contributed by atoms with Crippen LogP contribution < -0.4 is 28.1 Å². The van der Waals surface area contributed by atoms with E-state index >= 15 is 0 Å². The van der Waals surface area contributed by atoms with Gasteiger partial charge in [-0.05, 0) is 0 Å². The largest absolute Gasteiger partial charge is 1.00 e. The Bertz CT molecular complexity index is 2080. The molecule has 2 aliphatic carbocycles. The van der Waals surface area contributed by atoms with Crippen LogP contribution in [0.2, 0.25) is 13.1 Å². The van der Waals surface area contributed by atoms with Gasteiger partial charge in [0.05, 0.1) is 0 Å². The fourth-order valence-electron chi connectivity index (χ4n) is 7.93. The van der Waals surface area contributed by atoms with Crippen molar-refractivity contribution in [2.45, 2.75) is 45.7 Å². The SMILES string of the molecule is CCC(C)C1=Cc2c(-c3c4ccccc4cc4ccccc34)cccc2C1c1[c]([Zr+2][SiH](C)C)ccc2c1Cc1ccccc1-2.[Cl-].[Cl-]. The van der Waals surface area contributed by atoms with E-state index in [1.165, 1.54) is 60.5 Å². The van der Waals surface area contributed by atoms with Crippen molar-refractivity contribution in [1.29, 1.82) is 0 Å². The van der Waals surface area contributed by atoms with Crippen molar-refractivity contribution in [1.82, 2.24) is 0 Å². The molecule has 4 heteroatoms. The Morgan fingerprint density at radius 3 is 2.09 bits per heavy atom. The zero-order valence-electron chi connectivity index (χ0n) is 26.9. The summed E-state index contributed by atoms with van der Waals surface area (Å²) in [7, 11) is 0. The average Bonchev–Trinajstić information content (AvgIpc) is 3.62. The molecule has 0 heterocycles. The molecule has 0 aromatic heterocycles. The van der Waals surface area contributed by atoms with E-state index in [9.17, 15) is 0 Å². The van der Waals surface area contributed by atoms with E-state index in [0.29, 0.717) is 11.8 Å². The van der Waals surface area contributed by atoms with Crippen molar-refractivity contribution in [3.05, 3.63) is 143 Å². The van der Waals surface area contributed by atoms with E-state index in [4.69, 9.17) is 0 Å². The van der Waals surface area contributed by atoms with Gasteiger partial charge in [0.1, 0.15) is 0 Å². The quantitative estimate of drug-likeness (QED) is 0.175. The molecule has 6 aromatic rings. The molecule has 0 nitrogen and oxygen atoms in total. The van der Waals surface area contributed by atoms with Gasteiger partial charge < -0.3 is 24.8 Å². The Balaban J connectivity index is 0.00000186. The van der Waals surface area contributed by atoms with E-state index < -0.39 is 28.3 Å². The van der Waals surface area contributed by atoms with E-state index in [-0.39, 0.29) is 24.8 Å². The fraction of sp³-hybridized carbons (Fsp3) is 0.190. The molecule has 0 saturated carbocycles. The molecule has 0 saturated heterocycles. The molecule has 8 rings (SSSR count). The Morgan fingerprint density at radius 1 is 0.739 bits per heavy atom. The van der Waals surface area contributed by atoms with Crippen molar-refractivity contribution in [3.63, 3.8) is 0 Å². The third-order valence-corrected chi connectivity index (χ3v) is 18.6. The Labute approximate surface area is 298 Å². The van der Waals surface area contributed by atoms with Crippen LogP contribution in [0.15, 0.2) is 115 Å². The summed E-state index contributed by atoms with van der Waals surface area (Å²) in [5, 5.41) is 5.32. The van der Waals surface area contributed by atoms with Gasteiger partial charge in [0.15, 0.2) is 0 Å². The predicted octanol–water partition coefficient (Wildman–Crippen LogP) is 4.51. The molecular formula is C42H38Cl2SiZr. The fourth-order valence-corrected chi connectivity index (χ4v) is 16.2. The molecule has 2 aliphatic rings. The van der Waals surface area contributed by atoms with Gasteiger partial charge in [-0.15, -0.1) is 0 Å². The van der Waals surface area contributed by atoms with Gasteiger partial charge in [-0.2, -0.15) is 0 Å². The van der Waals surface area contributed by atoms with Gasteiger partial charge in [-0.1, -0.05) is 0 Å². The van der Waals surface area contributed by atoms with Crippen molar-refractivity contribution in [2.24, 2.45) is 5.92 Å². The van der Waals surface area contributed by atoms with Crippen LogP contribution in [0.4, 0.5) is 0 Å². The van der Waals surface area contributed by atoms with Crippen molar-refractivity contribution in [3.8, 4) is 22.3 Å². The molecule has 0 bridgehead atoms. The molecule has 6 aromatic carbocycles. The van der Waals surface area contributed by atoms with Gasteiger partial charge in [0.25, 0.3) is 0 Å². The third-order valence-electron chi connectivity index (χ3n) is 10.1. The van der Waals surface area contributed by atoms with Crippen molar-refractivity contribution < 1.29 is 47.2 Å². The first kappa shape index (κ1) is 33.2. The van der Waals surface area contributed by atoms with Crippen molar-refractivity contribution in [2.75, 3.05) is 0 Å². The number of benzene rings is 6. The van der Waals surface area contributed by atoms with E-state index in [1.807, 2.05) is 0 Å². The van der Waals surface area contributed by atoms with Crippen LogP contribution in [0, 0.1) is 5.92 Å². The Kier molecular flexibility index (Phi) is 9.67. The molecule has 228 valence electrons. The minimum atomic E-state index is -0.674. The molecule has 0 N–H and O–H groups in total. The molecule has 2 unspecified atom stereocenters. The van der Waals surface area contributed by atoms with Gasteiger partial charge >= 0.3 is 276 Å². The van der Waals surface area contributed by atoms with Crippen LogP contribution >= 0.6 is 0 Å². The third kappa shape index (κ3) is 5.40. The first-order valence-electron chi connectivity index (χ1n) is 16.3. The standard InChI is InChI=1S/C40H31.C2H7Si.2ClH.Zr/c1-3-25(2)36-24-38-34(39-30-16-8-5-12-26(30)22-27-13-6-9-17-31(27)39)20-11-21-35(38)40(36)33-19-10-18-32-29-15-7-4-14-28(29)23-37(32)33;1-3-2;;;/h4-18,20-22,24-25,40H,3,23H2,1-2H3;3H,1-2H3;2*1H;/q;;;;+2/p-2. The van der Waals surface area contributed by atoms with Crippen LogP contribution in [0.25, 0.3) is 49.9 Å². The topological polar surface area (TPSA) is 0 Å². The summed E-state index contributed by atoms with van der Waals surface area (Å²) in [4.78, 5) is 0. The second kappa shape index (κ2) is 13.4. The molecule has 0 amide bonds. The van der Waals surface area contributed by atoms with Crippen LogP contribution in [0.1, 0.15) is 54.0 Å². The van der Waals surface area contributed by atoms with Gasteiger partial charge in [-0.3, -0.25) is 0 Å². The summed E-state index contributed by atoms with van der Waals surface area (Å²) in [5.41, 5.74) is 15.1. The van der Waals surface area contributed by atoms with Crippen LogP contribution in [-0.2, 0) is 28.8 Å². The number of hydrogen-bond donors (Lipinski definition) is 0. The molecular weight excluding hydrogens is 695 g/mol. The van der Waals surface area contributed by atoms with E-state index in [1.54, 1.807) is 20.0 Å². The average molecular weight is 733 g/mol. The molecule has 0 spiro atoms. The van der Waals surface area contributed by atoms with Crippen LogP contribution in [0.3, 0.4) is 0 Å². The summed E-state index contributed by atoms with van der Waals surface area (Å²) in [6, 6.07) is 41.7. The molecule has 2 atom stereocenters. The Hall–Kier alpha value is -2.74. The summed E-state index contributed by atoms with van der Waals surface area (Å²) in [5.74, 6) is 0.195. The number of fused-ring (bicyclic) bond motifs is 6. The maximum atomic E-state index is 2.63. The smallest absolute Gasteiger partial charge is 1.00 e. The second-order valence-electron chi connectivity index (χ2n) is 13.1. The number of halogens is 2. The minimum Gasteiger partial charge on any atom is -1.00 e. The zero-order chi connectivity index (χ0) is 29.9. The number of allylic oxidation sites excluding steroid dienone is 1. The monoisotopic (exact) mass is 730 g/mol. The minimum absolute atomic E-state index is 0. The predicted molar refractivity (Wildman–Crippen MR) is 189 cm³/mol. The number of hydrogen-bond acceptors (Lipinski definition) is 0. The zero-order valence-corrected chi connectivity index (χ0v) is 32.0. The summed E-state index contributed by atoms with van der Waals surface area (Å²) in [6.45, 7) is 9.99. The second-order valence-corrected chi connectivity index (χ2v) is 27.6. The van der Waals surface area contributed by atoms with Gasteiger partial charge in [-0.25, -0.2) is 0 Å². The van der Waals surface area contributed by atoms with Gasteiger partial charge in [0.2, 0.25) is 0 Å². The first-order valence-corrected chi connectivity index (χ1v) is 24.7. The van der Waals surface area contributed by atoms with Gasteiger partial charge in [0, 0.05) is 0 Å².